The molecule has 1 aliphatic rings. The van der Waals surface area contributed by atoms with Gasteiger partial charge in [0.05, 0.1) is 0 Å². The van der Waals surface area contributed by atoms with Gasteiger partial charge in [-0.25, -0.2) is 18.6 Å². The van der Waals surface area contributed by atoms with Gasteiger partial charge in [-0.15, -0.1) is 10.2 Å². The maximum absolute atomic E-state index is 8.49. The molecule has 7 heteroatoms. The van der Waals surface area contributed by atoms with Crippen molar-refractivity contribution in [3.8, 4) is 0 Å². The van der Waals surface area contributed by atoms with Crippen LogP contribution in [0.15, 0.2) is 0 Å². The number of halogens is 1. The summed E-state index contributed by atoms with van der Waals surface area (Å²) in [4.78, 5) is 0. The third-order valence-corrected chi connectivity index (χ3v) is 1.98. The third-order valence-electron chi connectivity index (χ3n) is 0.827. The predicted octanol–water partition coefficient (Wildman–Crippen LogP) is -3.25. The molecule has 0 spiro atoms. The van der Waals surface area contributed by atoms with Crippen LogP contribution in [-0.2, 0) is 22.4 Å². The molecular weight excluding hydrogens is 287 g/mol. The molecule has 0 radical (unpaired) electrons. The van der Waals surface area contributed by atoms with E-state index in [1.807, 2.05) is 0 Å². The fourth-order valence-electron chi connectivity index (χ4n) is 0.510. The molecule has 1 aliphatic heterocycles. The zero-order valence-corrected chi connectivity index (χ0v) is 8.60. The Kier molecular flexibility index (Phi) is 10.5. The van der Waals surface area contributed by atoms with Crippen molar-refractivity contribution in [2.75, 3.05) is 11.5 Å². The molecule has 1 fully saturated rings. The molecule has 1 rings (SSSR count). The maximum atomic E-state index is 8.49. The molecule has 4 nitrogen and oxygen atoms in total. The second-order valence-electron chi connectivity index (χ2n) is 1.70. The predicted molar refractivity (Wildman–Crippen MR) is 26.6 cm³/mol. The monoisotopic (exact) mass is 294 g/mol. The van der Waals surface area contributed by atoms with Gasteiger partial charge in [-0.2, -0.15) is 11.8 Å². The van der Waals surface area contributed by atoms with E-state index in [9.17, 15) is 0 Å². The minimum Gasteiger partial charge on any atom is -0.222 e. The summed E-state index contributed by atoms with van der Waals surface area (Å²) in [6.07, 6.45) is 2.93. The van der Waals surface area contributed by atoms with Gasteiger partial charge < -0.3 is 0 Å². The van der Waals surface area contributed by atoms with E-state index in [1.165, 1.54) is 24.3 Å². The Morgan fingerprint density at radius 1 is 0.909 bits per heavy atom. The molecule has 1 heterocycles. The minimum absolute atomic E-state index is 0. The van der Waals surface area contributed by atoms with Gasteiger partial charge in [0.1, 0.15) is 0 Å². The first-order chi connectivity index (χ1) is 4.50. The summed E-state index contributed by atoms with van der Waals surface area (Å²) < 4.78 is 34.0. The Balaban J connectivity index is 0. The molecule has 0 aromatic rings. The average molecular weight is 295 g/mol. The Labute approximate surface area is 87.2 Å². The largest absolute Gasteiger partial charge is 1.00 e. The topological polar surface area (TPSA) is 92.2 Å². The quantitative estimate of drug-likeness (QED) is 0.438. The molecule has 0 bridgehead atoms. The third kappa shape index (κ3) is 24.7. The Morgan fingerprint density at radius 3 is 1.27 bits per heavy atom. The molecule has 0 atom stereocenters. The number of thioether (sulfide) groups is 1. The van der Waals surface area contributed by atoms with E-state index in [1.54, 1.807) is 0 Å². The van der Waals surface area contributed by atoms with Crippen LogP contribution in [0, 0.1) is 10.2 Å². The normalized spacial score (nSPS) is 16.4. The SMILES string of the molecule is C1CCSC1.[Ag+].[O-][Cl+3]([O-])([O-])[O-]. The summed E-state index contributed by atoms with van der Waals surface area (Å²) in [7, 11) is -4.94. The first-order valence-corrected chi connectivity index (χ1v) is 5.08. The van der Waals surface area contributed by atoms with E-state index < -0.39 is 10.2 Å². The first-order valence-electron chi connectivity index (χ1n) is 2.69. The number of hydrogen-bond acceptors (Lipinski definition) is 5. The zero-order chi connectivity index (χ0) is 8.04. The van der Waals surface area contributed by atoms with Crippen LogP contribution in [0.5, 0.6) is 0 Å². The van der Waals surface area contributed by atoms with Crippen LogP contribution in [0.4, 0.5) is 0 Å². The van der Waals surface area contributed by atoms with Crippen LogP contribution >= 0.6 is 11.8 Å². The second-order valence-corrected chi connectivity index (χ2v) is 3.68. The maximum Gasteiger partial charge on any atom is 1.00 e. The van der Waals surface area contributed by atoms with Crippen molar-refractivity contribution in [1.29, 1.82) is 0 Å². The van der Waals surface area contributed by atoms with Crippen LogP contribution < -0.4 is 18.6 Å². The molecule has 1 saturated heterocycles. The Morgan fingerprint density at radius 2 is 1.18 bits per heavy atom. The van der Waals surface area contributed by atoms with Gasteiger partial charge in [0.2, 0.25) is 0 Å². The van der Waals surface area contributed by atoms with Crippen molar-refractivity contribution in [2.45, 2.75) is 12.8 Å². The summed E-state index contributed by atoms with van der Waals surface area (Å²) in [5.41, 5.74) is 0. The summed E-state index contributed by atoms with van der Waals surface area (Å²) in [5, 5.41) is 0. The van der Waals surface area contributed by atoms with Crippen LogP contribution in [0.2, 0.25) is 0 Å². The van der Waals surface area contributed by atoms with Crippen LogP contribution in [0.3, 0.4) is 0 Å². The van der Waals surface area contributed by atoms with Gasteiger partial charge in [0.15, 0.2) is 0 Å². The Bertz CT molecular complexity index is 71.0. The fourth-order valence-corrected chi connectivity index (χ4v) is 1.53. The Hall–Kier alpha value is 1.22. The molecule has 0 aromatic heterocycles. The van der Waals surface area contributed by atoms with E-state index in [0.29, 0.717) is 0 Å². The van der Waals surface area contributed by atoms with Crippen LogP contribution in [-0.4, -0.2) is 11.5 Å². The van der Waals surface area contributed by atoms with Crippen molar-refractivity contribution in [3.63, 3.8) is 0 Å². The molecule has 0 unspecified atom stereocenters. The smallest absolute Gasteiger partial charge is 0.222 e. The molecular formula is C4H8AgClO4S. The summed E-state index contributed by atoms with van der Waals surface area (Å²) in [6.45, 7) is 0. The average Bonchev–Trinajstić information content (AvgIpc) is 2.07. The zero-order valence-electron chi connectivity index (χ0n) is 5.55. The molecule has 11 heavy (non-hydrogen) atoms. The molecule has 0 amide bonds. The molecule has 0 aliphatic carbocycles. The first kappa shape index (κ1) is 14.7. The standard InChI is InChI=1S/C4H8S.Ag.ClHO4/c1-2-4-5-3-1;;2-1(3,4)5/h1-4H2;;(H,2,3,4,5)/q;+1;/p-1. The van der Waals surface area contributed by atoms with Gasteiger partial charge in [-0.1, -0.05) is 0 Å². The van der Waals surface area contributed by atoms with E-state index in [-0.39, 0.29) is 22.4 Å². The number of hydrogen-bond donors (Lipinski definition) is 0. The van der Waals surface area contributed by atoms with E-state index in [2.05, 4.69) is 11.8 Å². The van der Waals surface area contributed by atoms with Crippen molar-refractivity contribution in [2.24, 2.45) is 0 Å². The molecule has 72 valence electrons. The molecule has 0 N–H and O–H groups in total. The van der Waals surface area contributed by atoms with Crippen molar-refractivity contribution >= 4 is 11.8 Å². The minimum atomic E-state index is -4.94. The van der Waals surface area contributed by atoms with E-state index in [0.717, 1.165) is 0 Å². The molecule has 0 saturated carbocycles. The van der Waals surface area contributed by atoms with Gasteiger partial charge in [0, 0.05) is 0 Å². The van der Waals surface area contributed by atoms with Crippen molar-refractivity contribution < 1.29 is 51.3 Å². The second kappa shape index (κ2) is 7.85. The van der Waals surface area contributed by atoms with Gasteiger partial charge in [-0.05, 0) is 24.3 Å². The van der Waals surface area contributed by atoms with Crippen molar-refractivity contribution in [3.05, 3.63) is 0 Å². The summed E-state index contributed by atoms with van der Waals surface area (Å²) >= 11 is 2.07. The van der Waals surface area contributed by atoms with E-state index in [4.69, 9.17) is 18.6 Å². The van der Waals surface area contributed by atoms with Crippen LogP contribution in [0.25, 0.3) is 0 Å². The van der Waals surface area contributed by atoms with Crippen molar-refractivity contribution in [1.82, 2.24) is 0 Å². The van der Waals surface area contributed by atoms with Gasteiger partial charge in [-0.3, -0.25) is 0 Å². The summed E-state index contributed by atoms with van der Waals surface area (Å²) in [6, 6.07) is 0. The van der Waals surface area contributed by atoms with E-state index >= 15 is 0 Å². The molecule has 0 aromatic carbocycles. The van der Waals surface area contributed by atoms with Crippen LogP contribution in [0.1, 0.15) is 12.8 Å². The van der Waals surface area contributed by atoms with Gasteiger partial charge in [0.25, 0.3) is 0 Å². The summed E-state index contributed by atoms with van der Waals surface area (Å²) in [5.74, 6) is 2.83. The number of rotatable bonds is 0. The fraction of sp³-hybridized carbons (Fsp3) is 1.00. The van der Waals surface area contributed by atoms with Gasteiger partial charge >= 0.3 is 22.4 Å².